The fourth-order valence-electron chi connectivity index (χ4n) is 3.55. The molecular formula is C30H23Br2NO3. The first-order chi connectivity index (χ1) is 17.6. The number of allylic oxidation sites excluding steroid dienone is 1. The molecule has 0 heterocycles. The van der Waals surface area contributed by atoms with E-state index in [0.717, 1.165) is 31.2 Å². The number of nitrogens with zero attached hydrogens (tertiary/aromatic N) is 1. The van der Waals surface area contributed by atoms with Gasteiger partial charge in [0.05, 0.1) is 18.8 Å². The van der Waals surface area contributed by atoms with Crippen LogP contribution in [0.15, 0.2) is 99.9 Å². The lowest BCUT2D eigenvalue weighted by Gasteiger charge is -2.14. The fourth-order valence-corrected chi connectivity index (χ4v) is 4.19. The van der Waals surface area contributed by atoms with Crippen LogP contribution in [0, 0.1) is 11.3 Å². The van der Waals surface area contributed by atoms with Crippen molar-refractivity contribution in [2.45, 2.75) is 13.2 Å². The van der Waals surface area contributed by atoms with E-state index in [2.05, 4.69) is 37.9 Å². The molecule has 0 spiro atoms. The van der Waals surface area contributed by atoms with E-state index in [0.29, 0.717) is 36.0 Å². The minimum absolute atomic E-state index is 0.331. The standard InChI is InChI=1S/C30H23Br2NO3/c1-34-30-15-22(7-13-29(30)36-19-21-5-3-2-4-6-21)20-35-28-14-12-27(32)17-24(28)16-25(18-33)23-8-10-26(31)11-9-23/h2-17H,19-20H2,1H3/b25-16+. The van der Waals surface area contributed by atoms with Gasteiger partial charge in [-0.25, -0.2) is 0 Å². The molecule has 0 saturated heterocycles. The highest BCUT2D eigenvalue weighted by atomic mass is 79.9. The topological polar surface area (TPSA) is 51.5 Å². The zero-order valence-electron chi connectivity index (χ0n) is 19.6. The lowest BCUT2D eigenvalue weighted by molar-refractivity contribution is 0.281. The van der Waals surface area contributed by atoms with Crippen LogP contribution in [0.2, 0.25) is 0 Å². The maximum atomic E-state index is 9.77. The van der Waals surface area contributed by atoms with Crippen LogP contribution >= 0.6 is 31.9 Å². The molecule has 4 aromatic rings. The molecule has 0 saturated carbocycles. The molecule has 0 unspecified atom stereocenters. The molecule has 0 bridgehead atoms. The van der Waals surface area contributed by atoms with Crippen LogP contribution in [0.4, 0.5) is 0 Å². The summed E-state index contributed by atoms with van der Waals surface area (Å²) in [4.78, 5) is 0. The predicted octanol–water partition coefficient (Wildman–Crippen LogP) is 8.44. The van der Waals surface area contributed by atoms with Gasteiger partial charge in [-0.3, -0.25) is 0 Å². The summed E-state index contributed by atoms with van der Waals surface area (Å²) < 4.78 is 19.5. The van der Waals surface area contributed by atoms with E-state index in [9.17, 15) is 5.26 Å². The summed E-state index contributed by atoms with van der Waals surface area (Å²) in [6.45, 7) is 0.791. The molecule has 0 aromatic heterocycles. The van der Waals surface area contributed by atoms with Gasteiger partial charge in [-0.2, -0.15) is 5.26 Å². The van der Waals surface area contributed by atoms with Crippen molar-refractivity contribution >= 4 is 43.5 Å². The zero-order chi connectivity index (χ0) is 25.3. The number of rotatable bonds is 9. The number of methoxy groups -OCH3 is 1. The third-order valence-electron chi connectivity index (χ3n) is 5.41. The van der Waals surface area contributed by atoms with E-state index in [1.165, 1.54) is 0 Å². The average molecular weight is 605 g/mol. The number of hydrogen-bond acceptors (Lipinski definition) is 4. The van der Waals surface area contributed by atoms with Gasteiger partial charge < -0.3 is 14.2 Å². The van der Waals surface area contributed by atoms with Crippen molar-refractivity contribution in [3.8, 4) is 23.3 Å². The number of ether oxygens (including phenoxy) is 3. The Morgan fingerprint density at radius 3 is 2.14 bits per heavy atom. The van der Waals surface area contributed by atoms with Crippen molar-refractivity contribution in [2.24, 2.45) is 0 Å². The maximum absolute atomic E-state index is 9.77. The molecule has 0 atom stereocenters. The maximum Gasteiger partial charge on any atom is 0.161 e. The van der Waals surface area contributed by atoms with Gasteiger partial charge in [0.2, 0.25) is 0 Å². The highest BCUT2D eigenvalue weighted by Crippen LogP contribution is 2.31. The van der Waals surface area contributed by atoms with Crippen LogP contribution in [0.25, 0.3) is 11.6 Å². The van der Waals surface area contributed by atoms with Gasteiger partial charge >= 0.3 is 0 Å². The van der Waals surface area contributed by atoms with Gasteiger partial charge in [0.15, 0.2) is 11.5 Å². The van der Waals surface area contributed by atoms with E-state index >= 15 is 0 Å². The van der Waals surface area contributed by atoms with Crippen LogP contribution in [-0.4, -0.2) is 7.11 Å². The summed E-state index contributed by atoms with van der Waals surface area (Å²) in [6.07, 6.45) is 1.84. The average Bonchev–Trinajstić information content (AvgIpc) is 2.91. The lowest BCUT2D eigenvalue weighted by Crippen LogP contribution is -2.01. The van der Waals surface area contributed by atoms with Gasteiger partial charge in [-0.1, -0.05) is 80.4 Å². The van der Waals surface area contributed by atoms with E-state index in [1.807, 2.05) is 97.1 Å². The second-order valence-corrected chi connectivity index (χ2v) is 9.74. The van der Waals surface area contributed by atoms with Crippen LogP contribution in [0.1, 0.15) is 22.3 Å². The number of halogens is 2. The fraction of sp³-hybridized carbons (Fsp3) is 0.100. The third kappa shape index (κ3) is 6.78. The molecule has 4 aromatic carbocycles. The van der Waals surface area contributed by atoms with Crippen molar-refractivity contribution in [2.75, 3.05) is 7.11 Å². The molecule has 180 valence electrons. The molecular weight excluding hydrogens is 582 g/mol. The first-order valence-electron chi connectivity index (χ1n) is 11.2. The summed E-state index contributed by atoms with van der Waals surface area (Å²) in [5, 5.41) is 9.77. The third-order valence-corrected chi connectivity index (χ3v) is 6.43. The van der Waals surface area contributed by atoms with Crippen LogP contribution in [0.3, 0.4) is 0 Å². The van der Waals surface area contributed by atoms with Crippen molar-refractivity contribution < 1.29 is 14.2 Å². The molecule has 0 aliphatic heterocycles. The van der Waals surface area contributed by atoms with Crippen molar-refractivity contribution in [3.63, 3.8) is 0 Å². The smallest absolute Gasteiger partial charge is 0.161 e. The number of benzene rings is 4. The summed E-state index contributed by atoms with van der Waals surface area (Å²) in [7, 11) is 1.62. The van der Waals surface area contributed by atoms with E-state index in [-0.39, 0.29) is 0 Å². The number of nitriles is 1. The molecule has 0 aliphatic carbocycles. The van der Waals surface area contributed by atoms with E-state index < -0.39 is 0 Å². The highest BCUT2D eigenvalue weighted by Gasteiger charge is 2.10. The largest absolute Gasteiger partial charge is 0.493 e. The first kappa shape index (κ1) is 25.6. The summed E-state index contributed by atoms with van der Waals surface area (Å²) >= 11 is 6.96. The summed E-state index contributed by atoms with van der Waals surface area (Å²) in [5.41, 5.74) is 4.21. The van der Waals surface area contributed by atoms with Gasteiger partial charge in [-0.15, -0.1) is 0 Å². The lowest BCUT2D eigenvalue weighted by atomic mass is 10.0. The van der Waals surface area contributed by atoms with Gasteiger partial charge in [0.1, 0.15) is 19.0 Å². The van der Waals surface area contributed by atoms with Gasteiger partial charge in [-0.05, 0) is 65.2 Å². The van der Waals surface area contributed by atoms with Crippen molar-refractivity contribution in [1.82, 2.24) is 0 Å². The van der Waals surface area contributed by atoms with Crippen LogP contribution in [0.5, 0.6) is 17.2 Å². The van der Waals surface area contributed by atoms with Crippen LogP contribution < -0.4 is 14.2 Å². The molecule has 0 N–H and O–H groups in total. The van der Waals surface area contributed by atoms with Crippen molar-refractivity contribution in [1.29, 1.82) is 5.26 Å². The zero-order valence-corrected chi connectivity index (χ0v) is 22.8. The normalized spacial score (nSPS) is 11.0. The minimum Gasteiger partial charge on any atom is -0.493 e. The monoisotopic (exact) mass is 603 g/mol. The molecule has 0 radical (unpaired) electrons. The molecule has 4 rings (SSSR count). The minimum atomic E-state index is 0.331. The second-order valence-electron chi connectivity index (χ2n) is 7.91. The Bertz CT molecular complexity index is 1390. The first-order valence-corrected chi connectivity index (χ1v) is 12.8. The van der Waals surface area contributed by atoms with Gasteiger partial charge in [0.25, 0.3) is 0 Å². The Labute approximate surface area is 228 Å². The molecule has 0 aliphatic rings. The Hall–Kier alpha value is -3.53. The summed E-state index contributed by atoms with van der Waals surface area (Å²) in [5.74, 6) is 1.99. The molecule has 0 amide bonds. The van der Waals surface area contributed by atoms with Crippen molar-refractivity contribution in [3.05, 3.63) is 122 Å². The number of hydrogen-bond donors (Lipinski definition) is 0. The predicted molar refractivity (Wildman–Crippen MR) is 150 cm³/mol. The highest BCUT2D eigenvalue weighted by molar-refractivity contribution is 9.10. The Morgan fingerprint density at radius 2 is 1.42 bits per heavy atom. The molecule has 36 heavy (non-hydrogen) atoms. The Kier molecular flexibility index (Phi) is 8.83. The molecule has 0 fully saturated rings. The quantitative estimate of drug-likeness (QED) is 0.142. The second kappa shape index (κ2) is 12.4. The van der Waals surface area contributed by atoms with E-state index in [1.54, 1.807) is 7.11 Å². The van der Waals surface area contributed by atoms with Gasteiger partial charge in [0, 0.05) is 14.5 Å². The molecule has 4 nitrogen and oxygen atoms in total. The summed E-state index contributed by atoms with van der Waals surface area (Å²) in [6, 6.07) is 31.4. The Morgan fingerprint density at radius 1 is 0.750 bits per heavy atom. The SMILES string of the molecule is COc1cc(COc2ccc(Br)cc2/C=C(\C#N)c2ccc(Br)cc2)ccc1OCc1ccccc1. The Balaban J connectivity index is 1.51. The van der Waals surface area contributed by atoms with E-state index in [4.69, 9.17) is 14.2 Å². The van der Waals surface area contributed by atoms with Crippen LogP contribution in [-0.2, 0) is 13.2 Å². The molecule has 6 heteroatoms.